The van der Waals surface area contributed by atoms with E-state index in [0.717, 1.165) is 12.2 Å². The number of nitrogens with one attached hydrogen (secondary N) is 4. The molecule has 12 nitrogen and oxygen atoms in total. The number of hydrogen-bond acceptors (Lipinski definition) is 9. The maximum Gasteiger partial charge on any atom is 0.234 e. The summed E-state index contributed by atoms with van der Waals surface area (Å²) < 4.78 is 0. The number of nitrogens with zero attached hydrogens (tertiary/aromatic N) is 1. The molecule has 0 saturated heterocycles. The number of carbonyl (C=O) groups excluding carboxylic acids is 5. The predicted octanol–water partition coefficient (Wildman–Crippen LogP) is 2.96. The van der Waals surface area contributed by atoms with Gasteiger partial charge in [0.2, 0.25) is 17.7 Å². The molecule has 12 heteroatoms. The third-order valence-corrected chi connectivity index (χ3v) is 6.10. The van der Waals surface area contributed by atoms with Gasteiger partial charge >= 0.3 is 0 Å². The van der Waals surface area contributed by atoms with Gasteiger partial charge < -0.3 is 36.9 Å². The van der Waals surface area contributed by atoms with E-state index in [0.29, 0.717) is 24.5 Å². The van der Waals surface area contributed by atoms with Crippen LogP contribution in [0.1, 0.15) is 72.6 Å². The van der Waals surface area contributed by atoms with Crippen molar-refractivity contribution in [2.24, 2.45) is 29.4 Å². The number of aromatic nitrogens is 1. The Hall–Kier alpha value is -4.00. The molecular formula is C37H62N6O6. The van der Waals surface area contributed by atoms with Gasteiger partial charge in [0.1, 0.15) is 12.2 Å². The van der Waals surface area contributed by atoms with E-state index < -0.39 is 30.3 Å². The second-order valence-corrected chi connectivity index (χ2v) is 13.0. The first kappa shape index (κ1) is 47.1. The van der Waals surface area contributed by atoms with Gasteiger partial charge in [-0.2, -0.15) is 0 Å². The number of aliphatic hydroxyl groups excluding tert-OH is 1. The van der Waals surface area contributed by atoms with E-state index in [9.17, 15) is 29.1 Å². The average Bonchev–Trinajstić information content (AvgIpc) is 3.04. The summed E-state index contributed by atoms with van der Waals surface area (Å²) in [5, 5.41) is 20.0. The minimum atomic E-state index is -1.24. The maximum atomic E-state index is 12.7. The third kappa shape index (κ3) is 26.6. The van der Waals surface area contributed by atoms with Crippen molar-refractivity contribution < 1.29 is 29.1 Å². The van der Waals surface area contributed by atoms with Crippen molar-refractivity contribution in [1.82, 2.24) is 26.3 Å². The Balaban J connectivity index is 0. The Morgan fingerprint density at radius 3 is 1.84 bits per heavy atom. The fourth-order valence-electron chi connectivity index (χ4n) is 3.93. The van der Waals surface area contributed by atoms with E-state index in [1.807, 2.05) is 45.9 Å². The van der Waals surface area contributed by atoms with Crippen molar-refractivity contribution in [2.45, 2.75) is 86.9 Å². The highest BCUT2D eigenvalue weighted by Gasteiger charge is 2.33. The zero-order chi connectivity index (χ0) is 37.8. The van der Waals surface area contributed by atoms with Crippen LogP contribution >= 0.6 is 0 Å². The number of aliphatic hydroxyl groups is 1. The fraction of sp³-hybridized carbons (Fsp3) is 0.568. The number of carbonyl (C=O) groups is 5. The van der Waals surface area contributed by atoms with Crippen LogP contribution in [0, 0.1) is 30.6 Å². The minimum Gasteiger partial charge on any atom is -0.395 e. The number of aryl methyl sites for hydroxylation is 1. The van der Waals surface area contributed by atoms with Crippen LogP contribution in [0.5, 0.6) is 0 Å². The summed E-state index contributed by atoms with van der Waals surface area (Å²) in [6.45, 7) is 15.9. The SMILES string of the molecule is CC(C)C.CC(C)CC(C=O)NC(=O)CN.CNCC(=O)NC(CC(C)C)C(=O)C(CO)C(=O)NCc1ccccn1.Cc1ccccc1. The number of hydrogen-bond donors (Lipinski definition) is 6. The largest absolute Gasteiger partial charge is 0.395 e. The standard InChI is InChI=1S/C18H28N4O4.C8H16N2O2.C7H8.C4H10/c1-12(2)8-15(22-16(24)10-19-3)17(25)14(11-23)18(26)21-9-13-6-4-5-7-20-13;1-6(2)3-7(5-11)10-8(12)4-9;1-7-5-3-2-4-6-7;1-4(2)3/h4-7,12,14-15,19,23H,8-11H2,1-3H3,(H,21,26)(H,22,24);5-7H,3-4,9H2,1-2H3,(H,10,12);2-6H,1H3;4H,1-3H3. The lowest BCUT2D eigenvalue weighted by Gasteiger charge is -2.23. The maximum absolute atomic E-state index is 12.7. The Kier molecular flexibility index (Phi) is 27.8. The first-order valence-corrected chi connectivity index (χ1v) is 16.8. The summed E-state index contributed by atoms with van der Waals surface area (Å²) in [6.07, 6.45) is 3.40. The topological polar surface area (TPSA) is 193 Å². The number of ketones is 1. The molecule has 7 N–H and O–H groups in total. The van der Waals surface area contributed by atoms with Crippen LogP contribution in [-0.2, 0) is 30.5 Å². The molecule has 0 bridgehead atoms. The number of amides is 3. The number of nitrogens with two attached hydrogens (primary N) is 1. The Bertz CT molecular complexity index is 1180. The van der Waals surface area contributed by atoms with Crippen molar-refractivity contribution in [1.29, 1.82) is 0 Å². The summed E-state index contributed by atoms with van der Waals surface area (Å²) in [7, 11) is 1.63. The highest BCUT2D eigenvalue weighted by molar-refractivity contribution is 6.05. The number of benzene rings is 1. The molecule has 2 rings (SSSR count). The normalized spacial score (nSPS) is 12.0. The minimum absolute atomic E-state index is 0.0670. The first-order chi connectivity index (χ1) is 23.1. The Morgan fingerprint density at radius 1 is 0.857 bits per heavy atom. The van der Waals surface area contributed by atoms with Gasteiger partial charge in [0.05, 0.1) is 44.0 Å². The van der Waals surface area contributed by atoms with Crippen LogP contribution in [0.4, 0.5) is 0 Å². The number of likely N-dealkylation sites (N-methyl/N-ethyl adjacent to an activating group) is 1. The summed E-state index contributed by atoms with van der Waals surface area (Å²) in [6, 6.07) is 14.3. The summed E-state index contributed by atoms with van der Waals surface area (Å²) in [5.41, 5.74) is 7.04. The number of aldehydes is 1. The van der Waals surface area contributed by atoms with Crippen molar-refractivity contribution in [3.05, 3.63) is 66.0 Å². The number of pyridine rings is 1. The van der Waals surface area contributed by atoms with Crippen molar-refractivity contribution in [3.8, 4) is 0 Å². The molecule has 0 spiro atoms. The van der Waals surface area contributed by atoms with E-state index in [1.54, 1.807) is 31.4 Å². The van der Waals surface area contributed by atoms with E-state index in [2.05, 4.69) is 66.1 Å². The second-order valence-electron chi connectivity index (χ2n) is 13.0. The van der Waals surface area contributed by atoms with Gasteiger partial charge in [0.25, 0.3) is 0 Å². The van der Waals surface area contributed by atoms with E-state index >= 15 is 0 Å². The molecule has 0 aliphatic rings. The summed E-state index contributed by atoms with van der Waals surface area (Å²) in [5.74, 6) is -1.58. The van der Waals surface area contributed by atoms with Crippen molar-refractivity contribution in [3.63, 3.8) is 0 Å². The Labute approximate surface area is 293 Å². The summed E-state index contributed by atoms with van der Waals surface area (Å²) >= 11 is 0. The van der Waals surface area contributed by atoms with Crippen LogP contribution in [0.2, 0.25) is 0 Å². The van der Waals surface area contributed by atoms with E-state index in [1.165, 1.54) is 5.56 Å². The molecule has 1 aromatic heterocycles. The molecule has 2 aromatic rings. The van der Waals surface area contributed by atoms with Gasteiger partial charge in [-0.15, -0.1) is 0 Å². The van der Waals surface area contributed by atoms with Crippen molar-refractivity contribution in [2.75, 3.05) is 26.7 Å². The molecule has 3 amide bonds. The third-order valence-electron chi connectivity index (χ3n) is 6.10. The zero-order valence-electron chi connectivity index (χ0n) is 31.0. The molecule has 0 saturated carbocycles. The molecule has 0 fully saturated rings. The smallest absolute Gasteiger partial charge is 0.234 e. The number of rotatable bonds is 16. The fourth-order valence-corrected chi connectivity index (χ4v) is 3.93. The molecule has 1 aromatic carbocycles. The molecule has 0 aliphatic heterocycles. The van der Waals surface area contributed by atoms with Gasteiger partial charge in [-0.05, 0) is 56.7 Å². The molecule has 1 heterocycles. The molecular weight excluding hydrogens is 624 g/mol. The quantitative estimate of drug-likeness (QED) is 0.114. The molecule has 0 aliphatic carbocycles. The average molecular weight is 687 g/mol. The van der Waals surface area contributed by atoms with Crippen LogP contribution < -0.4 is 27.0 Å². The first-order valence-electron chi connectivity index (χ1n) is 16.8. The van der Waals surface area contributed by atoms with Crippen LogP contribution in [0.3, 0.4) is 0 Å². The highest BCUT2D eigenvalue weighted by atomic mass is 16.3. The van der Waals surface area contributed by atoms with Crippen LogP contribution in [-0.4, -0.2) is 78.7 Å². The Morgan fingerprint density at radius 2 is 1.43 bits per heavy atom. The van der Waals surface area contributed by atoms with Gasteiger partial charge in [-0.1, -0.05) is 90.4 Å². The second kappa shape index (κ2) is 29.0. The molecule has 3 unspecified atom stereocenters. The highest BCUT2D eigenvalue weighted by Crippen LogP contribution is 2.12. The lowest BCUT2D eigenvalue weighted by Crippen LogP contribution is -2.50. The van der Waals surface area contributed by atoms with Gasteiger partial charge in [0, 0.05) is 6.20 Å². The zero-order valence-corrected chi connectivity index (χ0v) is 31.0. The van der Waals surface area contributed by atoms with Crippen LogP contribution in [0.15, 0.2) is 54.7 Å². The van der Waals surface area contributed by atoms with E-state index in [4.69, 9.17) is 5.73 Å². The lowest BCUT2D eigenvalue weighted by molar-refractivity contribution is -0.139. The number of Topliss-reactive ketones (excluding diaryl/α,β-unsaturated/α-hetero) is 1. The molecule has 3 atom stereocenters. The van der Waals surface area contributed by atoms with Crippen LogP contribution in [0.25, 0.3) is 0 Å². The van der Waals surface area contributed by atoms with E-state index in [-0.39, 0.29) is 43.4 Å². The van der Waals surface area contributed by atoms with Gasteiger partial charge in [-0.25, -0.2) is 0 Å². The molecule has 276 valence electrons. The lowest BCUT2D eigenvalue weighted by atomic mass is 9.92. The van der Waals surface area contributed by atoms with Crippen molar-refractivity contribution >= 4 is 29.8 Å². The summed E-state index contributed by atoms with van der Waals surface area (Å²) in [4.78, 5) is 62.2. The molecule has 0 radical (unpaired) electrons. The van der Waals surface area contributed by atoms with Gasteiger partial charge in [-0.3, -0.25) is 24.2 Å². The monoisotopic (exact) mass is 686 g/mol. The van der Waals surface area contributed by atoms with Gasteiger partial charge in [0.15, 0.2) is 5.78 Å². The predicted molar refractivity (Wildman–Crippen MR) is 195 cm³/mol. The molecule has 49 heavy (non-hydrogen) atoms.